The minimum absolute atomic E-state index is 0.0305. The molecule has 2 aromatic carbocycles. The summed E-state index contributed by atoms with van der Waals surface area (Å²) in [4.78, 5) is 23.6. The number of primary sulfonamides is 1. The van der Waals surface area contributed by atoms with Crippen molar-refractivity contribution in [2.75, 3.05) is 11.9 Å². The summed E-state index contributed by atoms with van der Waals surface area (Å²) in [7, 11) is -3.72. The zero-order valence-corrected chi connectivity index (χ0v) is 15.3. The second-order valence-electron chi connectivity index (χ2n) is 5.52. The summed E-state index contributed by atoms with van der Waals surface area (Å²) < 4.78 is 22.4. The Morgan fingerprint density at radius 1 is 1.04 bits per heavy atom. The Balaban J connectivity index is 1.75. The lowest BCUT2D eigenvalue weighted by molar-refractivity contribution is -0.126. The molecule has 2 aromatic rings. The van der Waals surface area contributed by atoms with Gasteiger partial charge in [-0.2, -0.15) is 0 Å². The van der Waals surface area contributed by atoms with Crippen molar-refractivity contribution in [3.63, 3.8) is 0 Å². The van der Waals surface area contributed by atoms with Crippen LogP contribution in [0.1, 0.15) is 12.0 Å². The van der Waals surface area contributed by atoms with E-state index in [1.807, 2.05) is 0 Å². The highest BCUT2D eigenvalue weighted by Crippen LogP contribution is 2.15. The molecular weight excluding hydrogens is 378 g/mol. The summed E-state index contributed by atoms with van der Waals surface area (Å²) in [6.45, 7) is 0.317. The molecule has 0 spiro atoms. The molecule has 2 rings (SSSR count). The molecule has 0 fully saturated rings. The van der Waals surface area contributed by atoms with E-state index in [2.05, 4.69) is 10.6 Å². The van der Waals surface area contributed by atoms with Crippen LogP contribution in [0, 0.1) is 0 Å². The monoisotopic (exact) mass is 395 g/mol. The molecule has 0 unspecified atom stereocenters. The molecule has 7 nitrogen and oxygen atoms in total. The summed E-state index contributed by atoms with van der Waals surface area (Å²) in [5.74, 6) is -0.854. The van der Waals surface area contributed by atoms with Gasteiger partial charge in [0.25, 0.3) is 0 Å². The normalized spacial score (nSPS) is 11.0. The Labute approximate surface area is 156 Å². The fourth-order valence-corrected chi connectivity index (χ4v) is 2.88. The molecule has 0 aromatic heterocycles. The molecule has 0 aliphatic carbocycles. The number of hydrogen-bond acceptors (Lipinski definition) is 4. The Morgan fingerprint density at radius 2 is 1.73 bits per heavy atom. The first-order chi connectivity index (χ1) is 12.2. The van der Waals surface area contributed by atoms with Crippen molar-refractivity contribution in [1.29, 1.82) is 0 Å². The van der Waals surface area contributed by atoms with Crippen molar-refractivity contribution in [1.82, 2.24) is 5.32 Å². The van der Waals surface area contributed by atoms with E-state index in [0.717, 1.165) is 5.56 Å². The molecule has 0 saturated carbocycles. The first-order valence-electron chi connectivity index (χ1n) is 7.68. The fourth-order valence-electron chi connectivity index (χ4n) is 2.17. The van der Waals surface area contributed by atoms with Crippen LogP contribution in [0.2, 0.25) is 5.02 Å². The van der Waals surface area contributed by atoms with E-state index >= 15 is 0 Å². The maximum absolute atomic E-state index is 11.8. The number of carbonyl (C=O) groups is 2. The Bertz CT molecular complexity index is 898. The molecule has 0 aliphatic heterocycles. The van der Waals surface area contributed by atoms with E-state index in [9.17, 15) is 18.0 Å². The van der Waals surface area contributed by atoms with Gasteiger partial charge >= 0.3 is 0 Å². The largest absolute Gasteiger partial charge is 0.355 e. The molecule has 0 radical (unpaired) electrons. The molecular formula is C17H18ClN3O4S. The lowest BCUT2D eigenvalue weighted by Gasteiger charge is -2.07. The van der Waals surface area contributed by atoms with Crippen LogP contribution in [-0.2, 0) is 26.0 Å². The third-order valence-corrected chi connectivity index (χ3v) is 4.58. The average Bonchev–Trinajstić information content (AvgIpc) is 2.54. The molecule has 0 saturated heterocycles. The lowest BCUT2D eigenvalue weighted by Crippen LogP contribution is -2.29. The maximum Gasteiger partial charge on any atom is 0.238 e. The fraction of sp³-hybridized carbons (Fsp3) is 0.176. The second kappa shape index (κ2) is 8.79. The summed E-state index contributed by atoms with van der Waals surface area (Å²) in [5.41, 5.74) is 1.35. The molecule has 0 bridgehead atoms. The van der Waals surface area contributed by atoms with E-state index in [1.54, 1.807) is 36.4 Å². The zero-order chi connectivity index (χ0) is 19.2. The van der Waals surface area contributed by atoms with Crippen LogP contribution in [0.3, 0.4) is 0 Å². The topological polar surface area (TPSA) is 118 Å². The summed E-state index contributed by atoms with van der Waals surface area (Å²) in [6, 6.07) is 12.7. The van der Waals surface area contributed by atoms with Crippen molar-refractivity contribution in [3.05, 3.63) is 59.1 Å². The highest BCUT2D eigenvalue weighted by molar-refractivity contribution is 7.89. The smallest absolute Gasteiger partial charge is 0.238 e. The van der Waals surface area contributed by atoms with Gasteiger partial charge in [0.15, 0.2) is 0 Å². The van der Waals surface area contributed by atoms with Crippen molar-refractivity contribution in [2.45, 2.75) is 17.7 Å². The number of amides is 2. The molecule has 0 atom stereocenters. The van der Waals surface area contributed by atoms with Crippen LogP contribution in [0.25, 0.3) is 0 Å². The van der Waals surface area contributed by atoms with Gasteiger partial charge in [-0.25, -0.2) is 13.6 Å². The summed E-state index contributed by atoms with van der Waals surface area (Å²) >= 11 is 5.82. The van der Waals surface area contributed by atoms with Crippen molar-refractivity contribution >= 4 is 39.1 Å². The number of benzene rings is 2. The summed E-state index contributed by atoms with van der Waals surface area (Å²) in [6.07, 6.45) is 0.184. The Kier molecular flexibility index (Phi) is 6.73. The number of sulfonamides is 1. The Hall–Kier alpha value is -2.42. The lowest BCUT2D eigenvalue weighted by atomic mass is 10.1. The van der Waals surface area contributed by atoms with E-state index in [1.165, 1.54) is 12.1 Å². The predicted molar refractivity (Wildman–Crippen MR) is 99.2 cm³/mol. The van der Waals surface area contributed by atoms with Crippen molar-refractivity contribution in [2.24, 2.45) is 5.14 Å². The molecule has 26 heavy (non-hydrogen) atoms. The van der Waals surface area contributed by atoms with Crippen LogP contribution in [0.5, 0.6) is 0 Å². The van der Waals surface area contributed by atoms with Crippen LogP contribution >= 0.6 is 11.6 Å². The second-order valence-corrected chi connectivity index (χ2v) is 7.52. The first-order valence-corrected chi connectivity index (χ1v) is 9.60. The van der Waals surface area contributed by atoms with Crippen molar-refractivity contribution in [3.8, 4) is 0 Å². The quantitative estimate of drug-likeness (QED) is 0.618. The molecule has 138 valence electrons. The van der Waals surface area contributed by atoms with Gasteiger partial charge in [0.05, 0.1) is 4.90 Å². The SMILES string of the molecule is NS(=O)(=O)c1ccc(CCNC(=O)CC(=O)Nc2cccc(Cl)c2)cc1. The van der Waals surface area contributed by atoms with E-state index in [0.29, 0.717) is 23.7 Å². The van der Waals surface area contributed by atoms with Gasteiger partial charge in [-0.15, -0.1) is 0 Å². The predicted octanol–water partition coefficient (Wildman–Crippen LogP) is 1.67. The first kappa shape index (κ1) is 19.9. The number of anilines is 1. The van der Waals surface area contributed by atoms with E-state index in [-0.39, 0.29) is 11.3 Å². The maximum atomic E-state index is 11.8. The standard InChI is InChI=1S/C17H18ClN3O4S/c18-13-2-1-3-14(10-13)21-17(23)11-16(22)20-9-8-12-4-6-15(7-5-12)26(19,24)25/h1-7,10H,8-9,11H2,(H,20,22)(H,21,23)(H2,19,24,25). The molecule has 2 amide bonds. The summed E-state index contributed by atoms with van der Waals surface area (Å²) in [5, 5.41) is 10.7. The van der Waals surface area contributed by atoms with E-state index < -0.39 is 21.8 Å². The number of rotatable bonds is 7. The number of nitrogens with one attached hydrogen (secondary N) is 2. The van der Waals surface area contributed by atoms with Gasteiger partial charge in [-0.05, 0) is 42.3 Å². The highest BCUT2D eigenvalue weighted by atomic mass is 35.5. The van der Waals surface area contributed by atoms with Crippen LogP contribution in [0.4, 0.5) is 5.69 Å². The molecule has 9 heteroatoms. The van der Waals surface area contributed by atoms with Gasteiger partial charge in [0.2, 0.25) is 21.8 Å². The van der Waals surface area contributed by atoms with Crippen LogP contribution < -0.4 is 15.8 Å². The third kappa shape index (κ3) is 6.47. The highest BCUT2D eigenvalue weighted by Gasteiger charge is 2.10. The van der Waals surface area contributed by atoms with Gasteiger partial charge in [0.1, 0.15) is 6.42 Å². The molecule has 0 aliphatic rings. The minimum atomic E-state index is -3.72. The number of hydrogen-bond donors (Lipinski definition) is 3. The molecule has 4 N–H and O–H groups in total. The molecule has 0 heterocycles. The van der Waals surface area contributed by atoms with Gasteiger partial charge < -0.3 is 10.6 Å². The Morgan fingerprint density at radius 3 is 2.35 bits per heavy atom. The van der Waals surface area contributed by atoms with Crippen LogP contribution in [0.15, 0.2) is 53.4 Å². The van der Waals surface area contributed by atoms with Gasteiger partial charge in [-0.3, -0.25) is 9.59 Å². The number of carbonyl (C=O) groups excluding carboxylic acids is 2. The minimum Gasteiger partial charge on any atom is -0.355 e. The van der Waals surface area contributed by atoms with Gasteiger partial charge in [0, 0.05) is 17.3 Å². The third-order valence-electron chi connectivity index (χ3n) is 3.42. The van der Waals surface area contributed by atoms with E-state index in [4.69, 9.17) is 16.7 Å². The van der Waals surface area contributed by atoms with Gasteiger partial charge in [-0.1, -0.05) is 29.8 Å². The average molecular weight is 396 g/mol. The zero-order valence-electron chi connectivity index (χ0n) is 13.7. The van der Waals surface area contributed by atoms with Crippen molar-refractivity contribution < 1.29 is 18.0 Å². The number of halogens is 1. The number of nitrogens with two attached hydrogens (primary N) is 1. The van der Waals surface area contributed by atoms with Crippen LogP contribution in [-0.4, -0.2) is 26.8 Å².